The number of carbonyl (C=O) groups is 2. The second kappa shape index (κ2) is 9.40. The highest BCUT2D eigenvalue weighted by atomic mass is 32.2. The van der Waals surface area contributed by atoms with Crippen LogP contribution < -0.4 is 5.32 Å². The van der Waals surface area contributed by atoms with Gasteiger partial charge < -0.3 is 15.0 Å². The van der Waals surface area contributed by atoms with Gasteiger partial charge in [-0.1, -0.05) is 18.2 Å². The maximum atomic E-state index is 13.1. The normalized spacial score (nSPS) is 17.3. The summed E-state index contributed by atoms with van der Waals surface area (Å²) in [5.41, 5.74) is 1.87. The minimum atomic E-state index is -3.72. The molecule has 2 aromatic rings. The van der Waals surface area contributed by atoms with E-state index in [4.69, 9.17) is 4.74 Å². The van der Waals surface area contributed by atoms with Gasteiger partial charge in [0.25, 0.3) is 11.8 Å². The Morgan fingerprint density at radius 3 is 2.38 bits per heavy atom. The van der Waals surface area contributed by atoms with E-state index < -0.39 is 15.9 Å². The number of carbonyl (C=O) groups excluding carboxylic acids is 2. The van der Waals surface area contributed by atoms with Crippen LogP contribution in [0.15, 0.2) is 47.4 Å². The highest BCUT2D eigenvalue weighted by Crippen LogP contribution is 2.25. The summed E-state index contributed by atoms with van der Waals surface area (Å²) >= 11 is 0. The smallest absolute Gasteiger partial charge is 0.255 e. The van der Waals surface area contributed by atoms with Crippen LogP contribution in [0.25, 0.3) is 0 Å². The fraction of sp³-hybridized carbons (Fsp3) is 0.391. The SMILES string of the molecule is Cc1cccc(C(=O)N2CCCC2)c1NC(=O)c1cccc(S(=O)(=O)N2CCOCC2)c1. The molecule has 2 amide bonds. The third-order valence-electron chi connectivity index (χ3n) is 5.84. The molecule has 9 heteroatoms. The summed E-state index contributed by atoms with van der Waals surface area (Å²) in [6.07, 6.45) is 1.95. The van der Waals surface area contributed by atoms with Crippen molar-refractivity contribution < 1.29 is 22.7 Å². The molecule has 2 fully saturated rings. The molecule has 2 aliphatic rings. The van der Waals surface area contributed by atoms with Crippen molar-refractivity contribution in [1.82, 2.24) is 9.21 Å². The Morgan fingerprint density at radius 1 is 0.969 bits per heavy atom. The van der Waals surface area contributed by atoms with Gasteiger partial charge >= 0.3 is 0 Å². The highest BCUT2D eigenvalue weighted by molar-refractivity contribution is 7.89. The predicted octanol–water partition coefficient (Wildman–Crippen LogP) is 2.50. The molecule has 0 saturated carbocycles. The van der Waals surface area contributed by atoms with Crippen LogP contribution in [-0.2, 0) is 14.8 Å². The van der Waals surface area contributed by atoms with Crippen molar-refractivity contribution in [3.8, 4) is 0 Å². The zero-order valence-electron chi connectivity index (χ0n) is 18.0. The maximum Gasteiger partial charge on any atom is 0.255 e. The minimum absolute atomic E-state index is 0.0604. The number of morpholine rings is 1. The molecule has 170 valence electrons. The second-order valence-electron chi connectivity index (χ2n) is 8.00. The molecule has 0 unspecified atom stereocenters. The molecule has 2 aliphatic heterocycles. The molecule has 8 nitrogen and oxygen atoms in total. The van der Waals surface area contributed by atoms with Gasteiger partial charge in [0.2, 0.25) is 10.0 Å². The van der Waals surface area contributed by atoms with E-state index in [2.05, 4.69) is 5.32 Å². The van der Waals surface area contributed by atoms with Gasteiger partial charge in [0.1, 0.15) is 0 Å². The average Bonchev–Trinajstić information content (AvgIpc) is 3.35. The summed E-state index contributed by atoms with van der Waals surface area (Å²) in [5.74, 6) is -0.570. The lowest BCUT2D eigenvalue weighted by molar-refractivity contribution is 0.0730. The molecule has 0 aliphatic carbocycles. The van der Waals surface area contributed by atoms with Crippen LogP contribution in [0.4, 0.5) is 5.69 Å². The first-order valence-electron chi connectivity index (χ1n) is 10.8. The fourth-order valence-electron chi connectivity index (χ4n) is 4.02. The van der Waals surface area contributed by atoms with Gasteiger partial charge in [0.05, 0.1) is 29.4 Å². The summed E-state index contributed by atoms with van der Waals surface area (Å²) in [4.78, 5) is 27.9. The lowest BCUT2D eigenvalue weighted by atomic mass is 10.1. The molecule has 1 N–H and O–H groups in total. The number of aryl methyl sites for hydroxylation is 1. The summed E-state index contributed by atoms with van der Waals surface area (Å²) in [6, 6.07) is 11.3. The molecule has 0 radical (unpaired) electrons. The van der Waals surface area contributed by atoms with Crippen molar-refractivity contribution >= 4 is 27.5 Å². The number of nitrogens with zero attached hydrogens (tertiary/aromatic N) is 2. The van der Waals surface area contributed by atoms with Crippen molar-refractivity contribution in [3.63, 3.8) is 0 Å². The van der Waals surface area contributed by atoms with E-state index in [9.17, 15) is 18.0 Å². The van der Waals surface area contributed by atoms with E-state index >= 15 is 0 Å². The van der Waals surface area contributed by atoms with E-state index in [1.54, 1.807) is 29.2 Å². The molecule has 2 heterocycles. The zero-order valence-corrected chi connectivity index (χ0v) is 18.9. The molecule has 0 spiro atoms. The summed E-state index contributed by atoms with van der Waals surface area (Å²) in [7, 11) is -3.72. The molecule has 2 aromatic carbocycles. The predicted molar refractivity (Wildman–Crippen MR) is 120 cm³/mol. The molecule has 4 rings (SSSR count). The number of sulfonamides is 1. The standard InChI is InChI=1S/C23H27N3O5S/c1-17-6-4-9-20(23(28)25-10-2-3-11-25)21(17)24-22(27)18-7-5-8-19(16-18)32(29,30)26-12-14-31-15-13-26/h4-9,16H,2-3,10-15H2,1H3,(H,24,27). The van der Waals surface area contributed by atoms with Crippen LogP contribution in [0.5, 0.6) is 0 Å². The zero-order chi connectivity index (χ0) is 22.7. The molecule has 32 heavy (non-hydrogen) atoms. The van der Waals surface area contributed by atoms with Gasteiger partial charge in [-0.25, -0.2) is 8.42 Å². The van der Waals surface area contributed by atoms with Crippen molar-refractivity contribution in [2.45, 2.75) is 24.7 Å². The van der Waals surface area contributed by atoms with E-state index in [1.165, 1.54) is 16.4 Å². The number of hydrogen-bond acceptors (Lipinski definition) is 5. The Morgan fingerprint density at radius 2 is 1.66 bits per heavy atom. The van der Waals surface area contributed by atoms with E-state index in [1.807, 2.05) is 13.0 Å². The number of nitrogens with one attached hydrogen (secondary N) is 1. The largest absolute Gasteiger partial charge is 0.379 e. The molecule has 0 atom stereocenters. The van der Waals surface area contributed by atoms with Gasteiger partial charge in [0, 0.05) is 31.7 Å². The third-order valence-corrected chi connectivity index (χ3v) is 7.73. The van der Waals surface area contributed by atoms with Gasteiger partial charge in [-0.15, -0.1) is 0 Å². The van der Waals surface area contributed by atoms with Gasteiger partial charge in [-0.2, -0.15) is 4.31 Å². The van der Waals surface area contributed by atoms with E-state index in [-0.39, 0.29) is 29.5 Å². The van der Waals surface area contributed by atoms with Crippen molar-refractivity contribution in [1.29, 1.82) is 0 Å². The number of rotatable bonds is 5. The molecule has 0 aromatic heterocycles. The third kappa shape index (κ3) is 4.55. The number of amides is 2. The van der Waals surface area contributed by atoms with Crippen molar-refractivity contribution in [3.05, 3.63) is 59.2 Å². The van der Waals surface area contributed by atoms with Gasteiger partial charge in [-0.3, -0.25) is 9.59 Å². The number of ether oxygens (including phenoxy) is 1. The number of benzene rings is 2. The number of likely N-dealkylation sites (tertiary alicyclic amines) is 1. The first kappa shape index (κ1) is 22.4. The summed E-state index contributed by atoms with van der Waals surface area (Å²) in [5, 5.41) is 2.84. The van der Waals surface area contributed by atoms with Crippen LogP contribution in [0.1, 0.15) is 39.1 Å². The Hall–Kier alpha value is -2.75. The van der Waals surface area contributed by atoms with Crippen LogP contribution in [0.2, 0.25) is 0 Å². The van der Waals surface area contributed by atoms with Gasteiger partial charge in [0.15, 0.2) is 0 Å². The van der Waals surface area contributed by atoms with E-state index in [0.29, 0.717) is 37.6 Å². The Bertz CT molecular complexity index is 1120. The second-order valence-corrected chi connectivity index (χ2v) is 9.93. The highest BCUT2D eigenvalue weighted by Gasteiger charge is 2.27. The lowest BCUT2D eigenvalue weighted by Gasteiger charge is -2.26. The molecular formula is C23H27N3O5S. The maximum absolute atomic E-state index is 13.1. The van der Waals surface area contributed by atoms with Crippen LogP contribution in [0.3, 0.4) is 0 Å². The topological polar surface area (TPSA) is 96.0 Å². The average molecular weight is 458 g/mol. The minimum Gasteiger partial charge on any atom is -0.379 e. The Balaban J connectivity index is 1.59. The molecule has 2 saturated heterocycles. The van der Waals surface area contributed by atoms with E-state index in [0.717, 1.165) is 18.4 Å². The Kier molecular flexibility index (Phi) is 6.59. The number of hydrogen-bond donors (Lipinski definition) is 1. The van der Waals surface area contributed by atoms with Gasteiger partial charge in [-0.05, 0) is 49.6 Å². The summed E-state index contributed by atoms with van der Waals surface area (Å²) < 4.78 is 32.5. The lowest BCUT2D eigenvalue weighted by Crippen LogP contribution is -2.40. The van der Waals surface area contributed by atoms with Crippen LogP contribution in [-0.4, -0.2) is 68.8 Å². The molecular weight excluding hydrogens is 430 g/mol. The molecule has 0 bridgehead atoms. The van der Waals surface area contributed by atoms with Crippen LogP contribution >= 0.6 is 0 Å². The van der Waals surface area contributed by atoms with Crippen molar-refractivity contribution in [2.24, 2.45) is 0 Å². The first-order chi connectivity index (χ1) is 15.4. The first-order valence-corrected chi connectivity index (χ1v) is 12.2. The Labute approximate surface area is 188 Å². The number of para-hydroxylation sites is 1. The van der Waals surface area contributed by atoms with Crippen molar-refractivity contribution in [2.75, 3.05) is 44.7 Å². The quantitative estimate of drug-likeness (QED) is 0.744. The van der Waals surface area contributed by atoms with Crippen LogP contribution in [0, 0.1) is 6.92 Å². The summed E-state index contributed by atoms with van der Waals surface area (Å²) in [6.45, 7) is 4.51. The fourth-order valence-corrected chi connectivity index (χ4v) is 5.48. The number of anilines is 1. The monoisotopic (exact) mass is 457 g/mol.